The molecule has 1 saturated heterocycles. The van der Waals surface area contributed by atoms with Crippen LogP contribution in [-0.2, 0) is 9.53 Å². The Kier molecular flexibility index (Phi) is 6.99. The van der Waals surface area contributed by atoms with Crippen molar-refractivity contribution in [3.63, 3.8) is 0 Å². The maximum atomic E-state index is 12.8. The third-order valence-electron chi connectivity index (χ3n) is 4.94. The summed E-state index contributed by atoms with van der Waals surface area (Å²) in [4.78, 5) is 40.3. The molecule has 1 aliphatic rings. The molecule has 8 nitrogen and oxygen atoms in total. The first-order valence-electron chi connectivity index (χ1n) is 10.5. The molecule has 0 bridgehead atoms. The molecule has 1 fully saturated rings. The number of alkyl carbamates (subject to hydrolysis) is 1. The molecule has 1 aromatic heterocycles. The highest BCUT2D eigenvalue weighted by Crippen LogP contribution is 2.14. The minimum absolute atomic E-state index is 0.0299. The molecule has 2 heterocycles. The maximum Gasteiger partial charge on any atom is 0.407 e. The van der Waals surface area contributed by atoms with Crippen LogP contribution in [0.25, 0.3) is 5.69 Å². The minimum Gasteiger partial charge on any atom is -0.444 e. The number of hydrogen-bond donors (Lipinski definition) is 1. The fourth-order valence-electron chi connectivity index (χ4n) is 3.37. The number of carbonyl (C=O) groups is 3. The summed E-state index contributed by atoms with van der Waals surface area (Å²) in [6, 6.07) is 11.4. The summed E-state index contributed by atoms with van der Waals surface area (Å²) >= 11 is 0. The van der Waals surface area contributed by atoms with E-state index in [4.69, 9.17) is 4.74 Å². The quantitative estimate of drug-likeness (QED) is 0.797. The summed E-state index contributed by atoms with van der Waals surface area (Å²) in [7, 11) is 0. The van der Waals surface area contributed by atoms with E-state index in [-0.39, 0.29) is 24.8 Å². The highest BCUT2D eigenvalue weighted by atomic mass is 16.6. The number of nitrogens with zero attached hydrogens (tertiary/aromatic N) is 3. The molecule has 31 heavy (non-hydrogen) atoms. The molecule has 0 unspecified atom stereocenters. The van der Waals surface area contributed by atoms with Gasteiger partial charge in [-0.3, -0.25) is 9.59 Å². The van der Waals surface area contributed by atoms with Crippen molar-refractivity contribution in [2.75, 3.05) is 32.7 Å². The van der Waals surface area contributed by atoms with Crippen molar-refractivity contribution in [3.05, 3.63) is 54.4 Å². The standard InChI is InChI=1S/C23H30N4O4/c1-23(2,3)31-22(30)24-11-10-20(28)26-14-16-27(17-15-26)21(29)18-6-8-19(9-7-18)25-12-4-5-13-25/h4-9,12-13H,10-11,14-17H2,1-3H3,(H,24,30). The molecule has 3 rings (SSSR count). The molecule has 0 spiro atoms. The van der Waals surface area contributed by atoms with Crippen LogP contribution < -0.4 is 5.32 Å². The van der Waals surface area contributed by atoms with Crippen molar-refractivity contribution >= 4 is 17.9 Å². The molecule has 2 aromatic rings. The van der Waals surface area contributed by atoms with E-state index in [0.29, 0.717) is 31.7 Å². The molecule has 8 heteroatoms. The minimum atomic E-state index is -0.570. The third kappa shape index (κ3) is 6.34. The molecule has 1 aromatic carbocycles. The molecule has 1 aliphatic heterocycles. The van der Waals surface area contributed by atoms with Crippen molar-refractivity contribution in [1.82, 2.24) is 19.7 Å². The first kappa shape index (κ1) is 22.4. The van der Waals surface area contributed by atoms with E-state index >= 15 is 0 Å². The Morgan fingerprint density at radius 1 is 0.935 bits per heavy atom. The van der Waals surface area contributed by atoms with Gasteiger partial charge in [0.1, 0.15) is 5.60 Å². The Morgan fingerprint density at radius 2 is 1.52 bits per heavy atom. The molecular weight excluding hydrogens is 396 g/mol. The SMILES string of the molecule is CC(C)(C)OC(=O)NCCC(=O)N1CCN(C(=O)c2ccc(-n3cccc3)cc2)CC1. The molecule has 0 atom stereocenters. The number of nitrogens with one attached hydrogen (secondary N) is 1. The fraction of sp³-hybridized carbons (Fsp3) is 0.435. The zero-order valence-corrected chi connectivity index (χ0v) is 18.3. The second-order valence-electron chi connectivity index (χ2n) is 8.49. The van der Waals surface area contributed by atoms with Gasteiger partial charge in [-0.15, -0.1) is 0 Å². The number of aromatic nitrogens is 1. The van der Waals surface area contributed by atoms with Gasteiger partial charge in [-0.1, -0.05) is 0 Å². The van der Waals surface area contributed by atoms with Gasteiger partial charge in [0.05, 0.1) is 0 Å². The average Bonchev–Trinajstić information content (AvgIpc) is 3.27. The summed E-state index contributed by atoms with van der Waals surface area (Å²) in [5.41, 5.74) is 1.06. The largest absolute Gasteiger partial charge is 0.444 e. The molecule has 0 radical (unpaired) electrons. The number of carbonyl (C=O) groups excluding carboxylic acids is 3. The number of ether oxygens (including phenoxy) is 1. The lowest BCUT2D eigenvalue weighted by atomic mass is 10.1. The number of benzene rings is 1. The van der Waals surface area contributed by atoms with Crippen LogP contribution in [-0.4, -0.2) is 70.6 Å². The van der Waals surface area contributed by atoms with Crippen molar-refractivity contribution in [2.45, 2.75) is 32.8 Å². The predicted octanol–water partition coefficient (Wildman–Crippen LogP) is 2.68. The second-order valence-corrected chi connectivity index (χ2v) is 8.49. The summed E-state index contributed by atoms with van der Waals surface area (Å²) in [5.74, 6) is -0.0722. The lowest BCUT2D eigenvalue weighted by molar-refractivity contribution is -0.132. The number of hydrogen-bond acceptors (Lipinski definition) is 4. The van der Waals surface area contributed by atoms with E-state index in [9.17, 15) is 14.4 Å². The first-order valence-corrected chi connectivity index (χ1v) is 10.5. The van der Waals surface area contributed by atoms with Crippen LogP contribution in [0.4, 0.5) is 4.79 Å². The molecule has 0 saturated carbocycles. The van der Waals surface area contributed by atoms with Crippen molar-refractivity contribution in [2.24, 2.45) is 0 Å². The van der Waals surface area contributed by atoms with E-state index in [1.807, 2.05) is 53.4 Å². The van der Waals surface area contributed by atoms with Gasteiger partial charge in [0.25, 0.3) is 5.91 Å². The van der Waals surface area contributed by atoms with E-state index < -0.39 is 11.7 Å². The maximum absolute atomic E-state index is 12.8. The van der Waals surface area contributed by atoms with Crippen LogP contribution in [0, 0.1) is 0 Å². The summed E-state index contributed by atoms with van der Waals surface area (Å²) in [6.45, 7) is 7.53. The Hall–Kier alpha value is -3.29. The smallest absolute Gasteiger partial charge is 0.407 e. The van der Waals surface area contributed by atoms with Gasteiger partial charge < -0.3 is 24.4 Å². The lowest BCUT2D eigenvalue weighted by Crippen LogP contribution is -2.51. The van der Waals surface area contributed by atoms with E-state index in [0.717, 1.165) is 5.69 Å². The van der Waals surface area contributed by atoms with Gasteiger partial charge in [0.15, 0.2) is 0 Å². The normalized spacial score (nSPS) is 14.3. The van der Waals surface area contributed by atoms with Crippen molar-refractivity contribution in [1.29, 1.82) is 0 Å². The topological polar surface area (TPSA) is 83.9 Å². The molecule has 166 valence electrons. The molecular formula is C23H30N4O4. The Bertz CT molecular complexity index is 893. The van der Waals surface area contributed by atoms with Crippen molar-refractivity contribution in [3.8, 4) is 5.69 Å². The highest BCUT2D eigenvalue weighted by molar-refractivity contribution is 5.94. The van der Waals surface area contributed by atoms with Crippen LogP contribution in [0.5, 0.6) is 0 Å². The van der Waals surface area contributed by atoms with Gasteiger partial charge >= 0.3 is 6.09 Å². The summed E-state index contributed by atoms with van der Waals surface area (Å²) in [5, 5.41) is 2.60. The molecule has 1 N–H and O–H groups in total. The number of amides is 3. The molecule has 0 aliphatic carbocycles. The summed E-state index contributed by atoms with van der Waals surface area (Å²) < 4.78 is 7.14. The monoisotopic (exact) mass is 426 g/mol. The van der Waals surface area contributed by atoms with Gasteiger partial charge in [-0.05, 0) is 57.2 Å². The van der Waals surface area contributed by atoms with E-state index in [2.05, 4.69) is 5.32 Å². The van der Waals surface area contributed by atoms with Crippen LogP contribution in [0.15, 0.2) is 48.8 Å². The highest BCUT2D eigenvalue weighted by Gasteiger charge is 2.25. The second kappa shape index (κ2) is 9.68. The van der Waals surface area contributed by atoms with E-state index in [1.165, 1.54) is 0 Å². The number of piperazine rings is 1. The zero-order chi connectivity index (χ0) is 22.4. The van der Waals surface area contributed by atoms with Gasteiger partial charge in [0, 0.05) is 62.8 Å². The van der Waals surface area contributed by atoms with Crippen LogP contribution in [0.1, 0.15) is 37.6 Å². The lowest BCUT2D eigenvalue weighted by Gasteiger charge is -2.35. The van der Waals surface area contributed by atoms with Crippen LogP contribution in [0.2, 0.25) is 0 Å². The Labute approximate surface area is 182 Å². The van der Waals surface area contributed by atoms with Gasteiger partial charge in [0.2, 0.25) is 5.91 Å². The predicted molar refractivity (Wildman–Crippen MR) is 117 cm³/mol. The van der Waals surface area contributed by atoms with Crippen LogP contribution in [0.3, 0.4) is 0 Å². The van der Waals surface area contributed by atoms with E-state index in [1.54, 1.807) is 30.6 Å². The van der Waals surface area contributed by atoms with Crippen molar-refractivity contribution < 1.29 is 19.1 Å². The fourth-order valence-corrected chi connectivity index (χ4v) is 3.37. The first-order chi connectivity index (χ1) is 14.7. The zero-order valence-electron chi connectivity index (χ0n) is 18.3. The average molecular weight is 427 g/mol. The summed E-state index contributed by atoms with van der Waals surface area (Å²) in [6.07, 6.45) is 3.58. The number of rotatable bonds is 5. The Balaban J connectivity index is 1.43. The molecule has 3 amide bonds. The van der Waals surface area contributed by atoms with Gasteiger partial charge in [-0.2, -0.15) is 0 Å². The third-order valence-corrected chi connectivity index (χ3v) is 4.94. The van der Waals surface area contributed by atoms with Gasteiger partial charge in [-0.25, -0.2) is 4.79 Å². The van der Waals surface area contributed by atoms with Crippen LogP contribution >= 0.6 is 0 Å². The Morgan fingerprint density at radius 3 is 2.10 bits per heavy atom.